The zero-order valence-electron chi connectivity index (χ0n) is 17.8. The predicted octanol–water partition coefficient (Wildman–Crippen LogP) is 2.57. The summed E-state index contributed by atoms with van der Waals surface area (Å²) in [4.78, 5) is 15.8. The molecule has 3 heterocycles. The largest absolute Gasteiger partial charge is 0.420 e. The van der Waals surface area contributed by atoms with Gasteiger partial charge in [-0.15, -0.1) is 0 Å². The van der Waals surface area contributed by atoms with Crippen LogP contribution in [0.4, 0.5) is 9.52 Å². The van der Waals surface area contributed by atoms with Crippen molar-refractivity contribution >= 4 is 37.8 Å². The first-order chi connectivity index (χ1) is 16.3. The molecule has 1 atom stereocenters. The van der Waals surface area contributed by atoms with Crippen LogP contribution in [0.1, 0.15) is 24.1 Å². The number of nitrogens with one attached hydrogen (secondary N) is 2. The highest BCUT2D eigenvalue weighted by Crippen LogP contribution is 2.29. The van der Waals surface area contributed by atoms with Gasteiger partial charge in [0.05, 0.1) is 11.6 Å². The molecule has 12 heteroatoms. The van der Waals surface area contributed by atoms with E-state index in [2.05, 4.69) is 31.2 Å². The molecule has 1 aliphatic heterocycles. The number of nitrogens with zero attached hydrogens (tertiary/aromatic N) is 3. The molecule has 1 fully saturated rings. The van der Waals surface area contributed by atoms with Crippen LogP contribution in [-0.2, 0) is 10.0 Å². The van der Waals surface area contributed by atoms with Gasteiger partial charge in [0.2, 0.25) is 5.13 Å². The minimum absolute atomic E-state index is 0.0115. The molecule has 0 radical (unpaired) electrons. The highest BCUT2D eigenvalue weighted by atomic mass is 32.2. The van der Waals surface area contributed by atoms with E-state index in [1.54, 1.807) is 6.92 Å². The molecule has 1 aliphatic rings. The summed E-state index contributed by atoms with van der Waals surface area (Å²) >= 11 is 0.808. The Labute approximate surface area is 197 Å². The quantitative estimate of drug-likeness (QED) is 0.405. The Hall–Kier alpha value is -3.53. The minimum atomic E-state index is -4.31. The van der Waals surface area contributed by atoms with Crippen LogP contribution in [0.2, 0.25) is 0 Å². The van der Waals surface area contributed by atoms with Crippen LogP contribution in [0.15, 0.2) is 56.8 Å². The third-order valence-electron chi connectivity index (χ3n) is 5.53. The van der Waals surface area contributed by atoms with Crippen LogP contribution in [0.3, 0.4) is 0 Å². The molecule has 0 unspecified atom stereocenters. The van der Waals surface area contributed by atoms with Crippen molar-refractivity contribution in [3.63, 3.8) is 0 Å². The average molecular weight is 500 g/mol. The van der Waals surface area contributed by atoms with E-state index in [0.717, 1.165) is 47.9 Å². The zero-order valence-corrected chi connectivity index (χ0v) is 19.4. The summed E-state index contributed by atoms with van der Waals surface area (Å²) in [5, 5.41) is 3.16. The van der Waals surface area contributed by atoms with Crippen molar-refractivity contribution in [2.24, 2.45) is 5.92 Å². The normalized spacial score (nSPS) is 14.9. The van der Waals surface area contributed by atoms with E-state index in [9.17, 15) is 17.6 Å². The van der Waals surface area contributed by atoms with Gasteiger partial charge in [0, 0.05) is 48.2 Å². The number of sulfonamides is 1. The van der Waals surface area contributed by atoms with E-state index in [1.165, 1.54) is 10.9 Å². The molecule has 34 heavy (non-hydrogen) atoms. The number of aromatic nitrogens is 3. The highest BCUT2D eigenvalue weighted by Gasteiger charge is 2.26. The summed E-state index contributed by atoms with van der Waals surface area (Å²) in [6, 6.07) is 8.84. The highest BCUT2D eigenvalue weighted by molar-refractivity contribution is 7.93. The standard InChI is InChI=1S/C22H18FN5O4S2/c1-13(16-5-3-2-4-15(16)7-6-14-10-24-11-14)28-18-8-17(23)20(9-19(18)32-22(28)29)34(30,31)27-21-25-12-26-33-21/h2-5,8-9,12-14,24H,10-11H2,1H3,(H,25,26,27)/t13-/m1/s1. The fourth-order valence-electron chi connectivity index (χ4n) is 3.68. The van der Waals surface area contributed by atoms with E-state index in [4.69, 9.17) is 4.42 Å². The molecule has 0 amide bonds. The maximum absolute atomic E-state index is 15.0. The van der Waals surface area contributed by atoms with E-state index in [-0.39, 0.29) is 22.1 Å². The second-order valence-electron chi connectivity index (χ2n) is 7.73. The maximum atomic E-state index is 15.0. The molecule has 2 aromatic carbocycles. The summed E-state index contributed by atoms with van der Waals surface area (Å²) in [6.45, 7) is 3.46. The Kier molecular flexibility index (Phi) is 5.68. The van der Waals surface area contributed by atoms with Gasteiger partial charge in [-0.05, 0) is 18.6 Å². The van der Waals surface area contributed by atoms with Gasteiger partial charge in [-0.1, -0.05) is 30.0 Å². The van der Waals surface area contributed by atoms with E-state index in [0.29, 0.717) is 0 Å². The Morgan fingerprint density at radius 3 is 2.82 bits per heavy atom. The molecule has 5 rings (SSSR count). The Morgan fingerprint density at radius 2 is 2.12 bits per heavy atom. The Morgan fingerprint density at radius 1 is 1.32 bits per heavy atom. The Bertz CT molecular complexity index is 1600. The van der Waals surface area contributed by atoms with Crippen molar-refractivity contribution in [1.82, 2.24) is 19.2 Å². The van der Waals surface area contributed by atoms with Crippen molar-refractivity contribution in [2.75, 3.05) is 17.8 Å². The summed E-state index contributed by atoms with van der Waals surface area (Å²) in [6.07, 6.45) is 1.17. The second-order valence-corrected chi connectivity index (χ2v) is 10.2. The van der Waals surface area contributed by atoms with Crippen LogP contribution >= 0.6 is 11.5 Å². The summed E-state index contributed by atoms with van der Waals surface area (Å²) in [7, 11) is -4.31. The van der Waals surface area contributed by atoms with Crippen molar-refractivity contribution in [3.05, 3.63) is 70.2 Å². The molecule has 0 saturated carbocycles. The molecule has 0 aliphatic carbocycles. The van der Waals surface area contributed by atoms with Crippen LogP contribution in [0.25, 0.3) is 11.1 Å². The van der Waals surface area contributed by atoms with Crippen molar-refractivity contribution in [3.8, 4) is 11.8 Å². The summed E-state index contributed by atoms with van der Waals surface area (Å²) in [5.41, 5.74) is 1.60. The molecular formula is C22H18FN5O4S2. The molecule has 2 aromatic heterocycles. The smallest absolute Gasteiger partial charge is 0.408 e. The van der Waals surface area contributed by atoms with E-state index >= 15 is 0 Å². The SMILES string of the molecule is C[C@H](c1ccccc1C#CC1CNC1)n1c(=O)oc2cc(S(=O)(=O)Nc3ncns3)c(F)cc21. The third-order valence-corrected chi connectivity index (χ3v) is 7.59. The number of benzene rings is 2. The van der Waals surface area contributed by atoms with E-state index < -0.39 is 32.5 Å². The molecular weight excluding hydrogens is 481 g/mol. The van der Waals surface area contributed by atoms with E-state index in [1.807, 2.05) is 24.3 Å². The minimum Gasteiger partial charge on any atom is -0.408 e. The summed E-state index contributed by atoms with van der Waals surface area (Å²) in [5.74, 6) is 4.91. The topological polar surface area (TPSA) is 119 Å². The van der Waals surface area contributed by atoms with Gasteiger partial charge in [-0.2, -0.15) is 4.37 Å². The van der Waals surface area contributed by atoms with Crippen molar-refractivity contribution < 1.29 is 17.2 Å². The second kappa shape index (κ2) is 8.68. The molecule has 0 spiro atoms. The van der Waals surface area contributed by atoms with Gasteiger partial charge in [-0.25, -0.2) is 22.6 Å². The van der Waals surface area contributed by atoms with Gasteiger partial charge in [0.15, 0.2) is 5.58 Å². The fraction of sp³-hybridized carbons (Fsp3) is 0.227. The lowest BCUT2D eigenvalue weighted by atomic mass is 9.99. The monoisotopic (exact) mass is 499 g/mol. The van der Waals surface area contributed by atoms with Gasteiger partial charge in [0.1, 0.15) is 17.0 Å². The third kappa shape index (κ3) is 4.09. The lowest BCUT2D eigenvalue weighted by Crippen LogP contribution is -2.40. The molecule has 174 valence electrons. The number of fused-ring (bicyclic) bond motifs is 1. The lowest BCUT2D eigenvalue weighted by Gasteiger charge is -2.21. The molecule has 0 bridgehead atoms. The van der Waals surface area contributed by atoms with Crippen LogP contribution in [0, 0.1) is 23.6 Å². The average Bonchev–Trinajstić information content (AvgIpc) is 3.38. The van der Waals surface area contributed by atoms with Crippen molar-refractivity contribution in [1.29, 1.82) is 0 Å². The van der Waals surface area contributed by atoms with Crippen molar-refractivity contribution in [2.45, 2.75) is 17.9 Å². The van der Waals surface area contributed by atoms with Crippen LogP contribution < -0.4 is 15.8 Å². The molecule has 4 aromatic rings. The van der Waals surface area contributed by atoms with Gasteiger partial charge < -0.3 is 9.73 Å². The summed E-state index contributed by atoms with van der Waals surface area (Å²) < 4.78 is 52.8. The first-order valence-corrected chi connectivity index (χ1v) is 12.5. The lowest BCUT2D eigenvalue weighted by molar-refractivity contribution is 0.432. The van der Waals surface area contributed by atoms with Crippen LogP contribution in [0.5, 0.6) is 0 Å². The number of rotatable bonds is 5. The number of hydrogen-bond donors (Lipinski definition) is 2. The maximum Gasteiger partial charge on any atom is 0.420 e. The molecule has 1 saturated heterocycles. The number of oxazole rings is 1. The van der Waals surface area contributed by atoms with Gasteiger partial charge >= 0.3 is 5.76 Å². The number of halogens is 1. The first-order valence-electron chi connectivity index (χ1n) is 10.3. The first kappa shape index (κ1) is 22.3. The zero-order chi connectivity index (χ0) is 23.9. The van der Waals surface area contributed by atoms with Crippen LogP contribution in [-0.4, -0.2) is 35.4 Å². The Balaban J connectivity index is 1.55. The fourth-order valence-corrected chi connectivity index (χ4v) is 5.42. The molecule has 2 N–H and O–H groups in total. The predicted molar refractivity (Wildman–Crippen MR) is 125 cm³/mol. The number of anilines is 1. The van der Waals surface area contributed by atoms with Gasteiger partial charge in [-0.3, -0.25) is 9.29 Å². The number of hydrogen-bond acceptors (Lipinski definition) is 8. The van der Waals surface area contributed by atoms with Gasteiger partial charge in [0.25, 0.3) is 10.0 Å². The molecule has 9 nitrogen and oxygen atoms in total.